The van der Waals surface area contributed by atoms with E-state index in [2.05, 4.69) is 0 Å². The predicted molar refractivity (Wildman–Crippen MR) is 63.1 cm³/mol. The summed E-state index contributed by atoms with van der Waals surface area (Å²) in [5.74, 6) is -0.0683. The van der Waals surface area contributed by atoms with Crippen molar-refractivity contribution >= 4 is 9.84 Å². The average molecular weight is 240 g/mol. The zero-order valence-electron chi connectivity index (χ0n) is 9.53. The van der Waals surface area contributed by atoms with Gasteiger partial charge in [-0.05, 0) is 37.0 Å². The van der Waals surface area contributed by atoms with Gasteiger partial charge in [0, 0.05) is 0 Å². The molecular formula is C12H16O3S. The summed E-state index contributed by atoms with van der Waals surface area (Å²) in [6.45, 7) is 3.89. The fraction of sp³-hybridized carbons (Fsp3) is 0.500. The van der Waals surface area contributed by atoms with Crippen LogP contribution in [0.25, 0.3) is 0 Å². The molecule has 16 heavy (non-hydrogen) atoms. The van der Waals surface area contributed by atoms with Crippen LogP contribution in [0.2, 0.25) is 0 Å². The van der Waals surface area contributed by atoms with Gasteiger partial charge in [0.2, 0.25) is 0 Å². The van der Waals surface area contributed by atoms with E-state index in [0.29, 0.717) is 6.42 Å². The third kappa shape index (κ3) is 1.87. The molecule has 1 N–H and O–H groups in total. The van der Waals surface area contributed by atoms with E-state index in [0.717, 1.165) is 16.7 Å². The van der Waals surface area contributed by atoms with Gasteiger partial charge in [0.15, 0.2) is 9.84 Å². The van der Waals surface area contributed by atoms with Gasteiger partial charge in [-0.3, -0.25) is 0 Å². The molecule has 1 aromatic carbocycles. The number of rotatable bonds is 1. The summed E-state index contributed by atoms with van der Waals surface area (Å²) in [5.41, 5.74) is 1.64. The molecule has 1 fully saturated rings. The largest absolute Gasteiger partial charge is 0.384 e. The zero-order chi connectivity index (χ0) is 12.0. The molecule has 0 bridgehead atoms. The van der Waals surface area contributed by atoms with Crippen molar-refractivity contribution in [2.45, 2.75) is 25.9 Å². The van der Waals surface area contributed by atoms with E-state index >= 15 is 0 Å². The molecule has 4 heteroatoms. The molecule has 0 radical (unpaired) electrons. The summed E-state index contributed by atoms with van der Waals surface area (Å²) in [5, 5.41) is 10.4. The Morgan fingerprint density at radius 3 is 2.56 bits per heavy atom. The summed E-state index contributed by atoms with van der Waals surface area (Å²) in [6, 6.07) is 5.65. The molecule has 2 rings (SSSR count). The first-order chi connectivity index (χ1) is 7.34. The van der Waals surface area contributed by atoms with Gasteiger partial charge in [-0.1, -0.05) is 18.2 Å². The Bertz CT molecular complexity index is 519. The standard InChI is InChI=1S/C12H16O3S/c1-9-4-3-5-11(10(9)2)12(13)6-7-16(14,15)8-12/h3-5,13H,6-8H2,1-2H3. The number of benzene rings is 1. The average Bonchev–Trinajstić information content (AvgIpc) is 2.46. The van der Waals surface area contributed by atoms with Gasteiger partial charge in [0.1, 0.15) is 5.60 Å². The van der Waals surface area contributed by atoms with Crippen molar-refractivity contribution in [2.24, 2.45) is 0 Å². The quantitative estimate of drug-likeness (QED) is 0.805. The third-order valence-corrected chi connectivity index (χ3v) is 5.13. The fourth-order valence-electron chi connectivity index (χ4n) is 2.30. The molecule has 1 aromatic rings. The Hall–Kier alpha value is -0.870. The molecule has 0 amide bonds. The van der Waals surface area contributed by atoms with Crippen molar-refractivity contribution in [3.05, 3.63) is 34.9 Å². The lowest BCUT2D eigenvalue weighted by Crippen LogP contribution is -2.28. The molecule has 0 saturated carbocycles. The van der Waals surface area contributed by atoms with E-state index in [4.69, 9.17) is 0 Å². The lowest BCUT2D eigenvalue weighted by molar-refractivity contribution is 0.0646. The molecule has 88 valence electrons. The molecule has 0 spiro atoms. The monoisotopic (exact) mass is 240 g/mol. The number of hydrogen-bond acceptors (Lipinski definition) is 3. The van der Waals surface area contributed by atoms with Crippen LogP contribution in [0.5, 0.6) is 0 Å². The molecule has 1 aliphatic heterocycles. The minimum absolute atomic E-state index is 0.0802. The van der Waals surface area contributed by atoms with Crippen LogP contribution >= 0.6 is 0 Å². The smallest absolute Gasteiger partial charge is 0.153 e. The fourth-order valence-corrected chi connectivity index (χ4v) is 4.12. The van der Waals surface area contributed by atoms with E-state index < -0.39 is 15.4 Å². The molecule has 1 saturated heterocycles. The zero-order valence-corrected chi connectivity index (χ0v) is 10.3. The van der Waals surface area contributed by atoms with Crippen molar-refractivity contribution in [2.75, 3.05) is 11.5 Å². The maximum Gasteiger partial charge on any atom is 0.153 e. The molecule has 1 atom stereocenters. The minimum atomic E-state index is -3.08. The summed E-state index contributed by atoms with van der Waals surface area (Å²) in [6.07, 6.45) is 0.305. The molecule has 1 aliphatic rings. The van der Waals surface area contributed by atoms with Gasteiger partial charge >= 0.3 is 0 Å². The summed E-state index contributed by atoms with van der Waals surface area (Å²) >= 11 is 0. The molecule has 3 nitrogen and oxygen atoms in total. The van der Waals surface area contributed by atoms with E-state index in [-0.39, 0.29) is 11.5 Å². The van der Waals surface area contributed by atoms with Crippen molar-refractivity contribution in [3.8, 4) is 0 Å². The Balaban J connectivity index is 2.49. The lowest BCUT2D eigenvalue weighted by atomic mass is 9.88. The maximum atomic E-state index is 11.5. The van der Waals surface area contributed by atoms with Gasteiger partial charge < -0.3 is 5.11 Å². The molecule has 1 unspecified atom stereocenters. The highest BCUT2D eigenvalue weighted by Crippen LogP contribution is 2.35. The third-order valence-electron chi connectivity index (χ3n) is 3.39. The highest BCUT2D eigenvalue weighted by Gasteiger charge is 2.42. The van der Waals surface area contributed by atoms with Gasteiger partial charge in [-0.25, -0.2) is 8.42 Å². The number of aryl methyl sites for hydroxylation is 1. The van der Waals surface area contributed by atoms with Crippen molar-refractivity contribution in [3.63, 3.8) is 0 Å². The summed E-state index contributed by atoms with van der Waals surface area (Å²) in [7, 11) is -3.08. The van der Waals surface area contributed by atoms with E-state index in [1.54, 1.807) is 0 Å². The Labute approximate surface area is 96.0 Å². The second-order valence-corrected chi connectivity index (χ2v) is 6.81. The number of sulfone groups is 1. The molecule has 1 heterocycles. The van der Waals surface area contributed by atoms with Crippen molar-refractivity contribution in [1.82, 2.24) is 0 Å². The molecule has 0 aliphatic carbocycles. The van der Waals surface area contributed by atoms with Crippen LogP contribution < -0.4 is 0 Å². The van der Waals surface area contributed by atoms with Gasteiger partial charge in [0.25, 0.3) is 0 Å². The maximum absolute atomic E-state index is 11.5. The van der Waals surface area contributed by atoms with Crippen LogP contribution in [0.3, 0.4) is 0 Å². The topological polar surface area (TPSA) is 54.4 Å². The van der Waals surface area contributed by atoms with Crippen LogP contribution in [-0.2, 0) is 15.4 Å². The minimum Gasteiger partial charge on any atom is -0.384 e. The second kappa shape index (κ2) is 3.57. The molecule has 0 aromatic heterocycles. The highest BCUT2D eigenvalue weighted by molar-refractivity contribution is 7.91. The van der Waals surface area contributed by atoms with Crippen LogP contribution in [-0.4, -0.2) is 25.0 Å². The SMILES string of the molecule is Cc1cccc(C2(O)CCS(=O)(=O)C2)c1C. The van der Waals surface area contributed by atoms with Crippen molar-refractivity contribution < 1.29 is 13.5 Å². The second-order valence-electron chi connectivity index (χ2n) is 4.62. The van der Waals surface area contributed by atoms with E-state index in [1.165, 1.54) is 0 Å². The predicted octanol–water partition coefficient (Wildman–Crippen LogP) is 1.31. The summed E-state index contributed by atoms with van der Waals surface area (Å²) < 4.78 is 22.9. The first kappa shape index (κ1) is 11.6. The first-order valence-electron chi connectivity index (χ1n) is 5.34. The van der Waals surface area contributed by atoms with Crippen LogP contribution in [0, 0.1) is 13.8 Å². The first-order valence-corrected chi connectivity index (χ1v) is 7.16. The van der Waals surface area contributed by atoms with Gasteiger partial charge in [-0.2, -0.15) is 0 Å². The van der Waals surface area contributed by atoms with Crippen LogP contribution in [0.1, 0.15) is 23.1 Å². The van der Waals surface area contributed by atoms with E-state index in [9.17, 15) is 13.5 Å². The highest BCUT2D eigenvalue weighted by atomic mass is 32.2. The van der Waals surface area contributed by atoms with Crippen LogP contribution in [0.4, 0.5) is 0 Å². The van der Waals surface area contributed by atoms with Gasteiger partial charge in [-0.15, -0.1) is 0 Å². The van der Waals surface area contributed by atoms with E-state index in [1.807, 2.05) is 32.0 Å². The van der Waals surface area contributed by atoms with Gasteiger partial charge in [0.05, 0.1) is 11.5 Å². The summed E-state index contributed by atoms with van der Waals surface area (Å²) in [4.78, 5) is 0. The Kier molecular flexibility index (Phi) is 2.59. The molecular weight excluding hydrogens is 224 g/mol. The lowest BCUT2D eigenvalue weighted by Gasteiger charge is -2.24. The Morgan fingerprint density at radius 1 is 1.31 bits per heavy atom. The Morgan fingerprint density at radius 2 is 2.00 bits per heavy atom. The number of hydrogen-bond donors (Lipinski definition) is 1. The normalized spacial score (nSPS) is 28.2. The number of aliphatic hydroxyl groups is 1. The van der Waals surface area contributed by atoms with Crippen molar-refractivity contribution in [1.29, 1.82) is 0 Å². The van der Waals surface area contributed by atoms with Crippen LogP contribution in [0.15, 0.2) is 18.2 Å².